The van der Waals surface area contributed by atoms with E-state index in [-0.39, 0.29) is 17.9 Å². The Morgan fingerprint density at radius 3 is 2.50 bits per heavy atom. The number of sulfonamides is 1. The molecule has 132 valence electrons. The SMILES string of the molecule is CCOc1c(C)cc(S(=O)(=O)NCCC(O)c2ccco2)cc1C. The van der Waals surface area contributed by atoms with Gasteiger partial charge in [-0.1, -0.05) is 0 Å². The second kappa shape index (κ2) is 7.83. The highest BCUT2D eigenvalue weighted by Gasteiger charge is 2.18. The zero-order valence-corrected chi connectivity index (χ0v) is 14.9. The molecule has 1 heterocycles. The van der Waals surface area contributed by atoms with Crippen LogP contribution in [0, 0.1) is 13.8 Å². The highest BCUT2D eigenvalue weighted by molar-refractivity contribution is 7.89. The average molecular weight is 353 g/mol. The molecule has 0 aliphatic heterocycles. The van der Waals surface area contributed by atoms with Crippen LogP contribution < -0.4 is 9.46 Å². The molecule has 0 saturated heterocycles. The highest BCUT2D eigenvalue weighted by atomic mass is 32.2. The van der Waals surface area contributed by atoms with Gasteiger partial charge < -0.3 is 14.3 Å². The van der Waals surface area contributed by atoms with Gasteiger partial charge in [0.05, 0.1) is 17.8 Å². The van der Waals surface area contributed by atoms with Gasteiger partial charge in [-0.2, -0.15) is 0 Å². The number of ether oxygens (including phenoxy) is 1. The minimum absolute atomic E-state index is 0.107. The van der Waals surface area contributed by atoms with Crippen LogP contribution in [0.15, 0.2) is 39.8 Å². The van der Waals surface area contributed by atoms with Crippen molar-refractivity contribution in [2.75, 3.05) is 13.2 Å². The summed E-state index contributed by atoms with van der Waals surface area (Å²) < 4.78 is 38.0. The summed E-state index contributed by atoms with van der Waals surface area (Å²) in [7, 11) is -3.65. The lowest BCUT2D eigenvalue weighted by Crippen LogP contribution is -2.26. The van der Waals surface area contributed by atoms with Gasteiger partial charge >= 0.3 is 0 Å². The maximum atomic E-state index is 12.4. The molecule has 1 atom stereocenters. The van der Waals surface area contributed by atoms with Crippen molar-refractivity contribution in [1.29, 1.82) is 0 Å². The second-order valence-corrected chi connectivity index (χ2v) is 7.30. The first kappa shape index (κ1) is 18.5. The summed E-state index contributed by atoms with van der Waals surface area (Å²) in [5.41, 5.74) is 1.54. The summed E-state index contributed by atoms with van der Waals surface area (Å²) in [5, 5.41) is 9.92. The number of furan rings is 1. The molecule has 0 amide bonds. The van der Waals surface area contributed by atoms with Crippen molar-refractivity contribution in [1.82, 2.24) is 4.72 Å². The van der Waals surface area contributed by atoms with Crippen LogP contribution in [0.5, 0.6) is 5.75 Å². The number of hydrogen-bond donors (Lipinski definition) is 2. The molecule has 7 heteroatoms. The lowest BCUT2D eigenvalue weighted by molar-refractivity contribution is 0.142. The van der Waals surface area contributed by atoms with E-state index in [4.69, 9.17) is 9.15 Å². The third kappa shape index (κ3) is 4.37. The first-order valence-corrected chi connectivity index (χ1v) is 9.28. The molecule has 1 aromatic carbocycles. The number of aryl methyl sites for hydroxylation is 2. The van der Waals surface area contributed by atoms with Crippen LogP contribution in [0.4, 0.5) is 0 Å². The fraction of sp³-hybridized carbons (Fsp3) is 0.412. The van der Waals surface area contributed by atoms with Gasteiger partial charge in [0.2, 0.25) is 10.0 Å². The van der Waals surface area contributed by atoms with Gasteiger partial charge in [-0.05, 0) is 62.6 Å². The standard InChI is InChI=1S/C17H23NO5S/c1-4-22-17-12(2)10-14(11-13(17)3)24(20,21)18-8-7-15(19)16-6-5-9-23-16/h5-6,9-11,15,18-19H,4,7-8H2,1-3H3. The Hall–Kier alpha value is -1.83. The molecule has 0 bridgehead atoms. The van der Waals surface area contributed by atoms with Crippen molar-refractivity contribution < 1.29 is 22.7 Å². The first-order valence-electron chi connectivity index (χ1n) is 7.80. The quantitative estimate of drug-likeness (QED) is 0.762. The molecule has 1 aromatic heterocycles. The Morgan fingerprint density at radius 1 is 1.29 bits per heavy atom. The van der Waals surface area contributed by atoms with Crippen LogP contribution in [0.2, 0.25) is 0 Å². The van der Waals surface area contributed by atoms with E-state index in [0.717, 1.165) is 11.1 Å². The number of benzene rings is 1. The molecule has 1 unspecified atom stereocenters. The van der Waals surface area contributed by atoms with Crippen LogP contribution in [0.25, 0.3) is 0 Å². The Labute approximate surface area is 142 Å². The van der Waals surface area contributed by atoms with Gasteiger partial charge in [-0.25, -0.2) is 13.1 Å². The smallest absolute Gasteiger partial charge is 0.240 e. The zero-order chi connectivity index (χ0) is 17.7. The minimum Gasteiger partial charge on any atom is -0.493 e. The fourth-order valence-electron chi connectivity index (χ4n) is 2.47. The molecular weight excluding hydrogens is 330 g/mol. The van der Waals surface area contributed by atoms with Crippen LogP contribution in [0.3, 0.4) is 0 Å². The lowest BCUT2D eigenvalue weighted by Gasteiger charge is -2.14. The molecular formula is C17H23NO5S. The maximum Gasteiger partial charge on any atom is 0.240 e. The van der Waals surface area contributed by atoms with Crippen LogP contribution >= 0.6 is 0 Å². The number of aliphatic hydroxyl groups excluding tert-OH is 1. The van der Waals surface area contributed by atoms with Gasteiger partial charge in [-0.3, -0.25) is 0 Å². The minimum atomic E-state index is -3.65. The van der Waals surface area contributed by atoms with E-state index in [1.165, 1.54) is 6.26 Å². The number of aliphatic hydroxyl groups is 1. The summed E-state index contributed by atoms with van der Waals surface area (Å²) in [6.45, 7) is 6.15. The molecule has 24 heavy (non-hydrogen) atoms. The topological polar surface area (TPSA) is 88.8 Å². The molecule has 2 N–H and O–H groups in total. The maximum absolute atomic E-state index is 12.4. The lowest BCUT2D eigenvalue weighted by atomic mass is 10.1. The van der Waals surface area contributed by atoms with E-state index < -0.39 is 16.1 Å². The van der Waals surface area contributed by atoms with Crippen LogP contribution in [-0.2, 0) is 10.0 Å². The molecule has 2 rings (SSSR count). The van der Waals surface area contributed by atoms with Gasteiger partial charge in [0, 0.05) is 6.54 Å². The summed E-state index contributed by atoms with van der Waals surface area (Å²) in [4.78, 5) is 0.188. The first-order chi connectivity index (χ1) is 11.3. The number of rotatable bonds is 8. The Balaban J connectivity index is 2.05. The molecule has 0 saturated carbocycles. The monoisotopic (exact) mass is 353 g/mol. The van der Waals surface area contributed by atoms with Gasteiger partial charge in [0.25, 0.3) is 0 Å². The van der Waals surface area contributed by atoms with Gasteiger partial charge in [0.1, 0.15) is 17.6 Å². The Bertz CT molecular complexity index is 745. The summed E-state index contributed by atoms with van der Waals surface area (Å²) in [6.07, 6.45) is 0.849. The zero-order valence-electron chi connectivity index (χ0n) is 14.1. The van der Waals surface area contributed by atoms with E-state index in [2.05, 4.69) is 4.72 Å². The molecule has 2 aromatic rings. The predicted molar refractivity (Wildman–Crippen MR) is 90.6 cm³/mol. The van der Waals surface area contributed by atoms with E-state index in [0.29, 0.717) is 18.1 Å². The largest absolute Gasteiger partial charge is 0.493 e. The molecule has 0 radical (unpaired) electrons. The van der Waals surface area contributed by atoms with Gasteiger partial charge in [0.15, 0.2) is 0 Å². The molecule has 0 aliphatic rings. The normalized spacial score (nSPS) is 13.0. The van der Waals surface area contributed by atoms with Crippen molar-refractivity contribution in [2.45, 2.75) is 38.2 Å². The summed E-state index contributed by atoms with van der Waals surface area (Å²) >= 11 is 0. The highest BCUT2D eigenvalue weighted by Crippen LogP contribution is 2.27. The number of nitrogens with one attached hydrogen (secondary N) is 1. The van der Waals surface area contributed by atoms with E-state index in [9.17, 15) is 13.5 Å². The van der Waals surface area contributed by atoms with E-state index in [1.54, 1.807) is 24.3 Å². The summed E-state index contributed by atoms with van der Waals surface area (Å²) in [5.74, 6) is 1.13. The molecule has 0 aliphatic carbocycles. The summed E-state index contributed by atoms with van der Waals surface area (Å²) in [6, 6.07) is 6.50. The van der Waals surface area contributed by atoms with Crippen molar-refractivity contribution in [3.8, 4) is 5.75 Å². The molecule has 0 spiro atoms. The third-order valence-electron chi connectivity index (χ3n) is 3.61. The Kier molecular flexibility index (Phi) is 6.04. The fourth-order valence-corrected chi connectivity index (χ4v) is 3.69. The van der Waals surface area contributed by atoms with E-state index >= 15 is 0 Å². The third-order valence-corrected chi connectivity index (χ3v) is 5.05. The van der Waals surface area contributed by atoms with Crippen molar-refractivity contribution in [2.24, 2.45) is 0 Å². The second-order valence-electron chi connectivity index (χ2n) is 5.54. The van der Waals surface area contributed by atoms with Crippen molar-refractivity contribution in [3.63, 3.8) is 0 Å². The van der Waals surface area contributed by atoms with Crippen LogP contribution in [0.1, 0.15) is 36.3 Å². The van der Waals surface area contributed by atoms with E-state index in [1.807, 2.05) is 20.8 Å². The molecule has 6 nitrogen and oxygen atoms in total. The Morgan fingerprint density at radius 2 is 1.96 bits per heavy atom. The average Bonchev–Trinajstić information content (AvgIpc) is 3.05. The van der Waals surface area contributed by atoms with Crippen LogP contribution in [-0.4, -0.2) is 26.7 Å². The van der Waals surface area contributed by atoms with Crippen molar-refractivity contribution in [3.05, 3.63) is 47.4 Å². The molecule has 0 fully saturated rings. The van der Waals surface area contributed by atoms with Gasteiger partial charge in [-0.15, -0.1) is 0 Å². The number of hydrogen-bond acceptors (Lipinski definition) is 5. The van der Waals surface area contributed by atoms with Crippen molar-refractivity contribution >= 4 is 10.0 Å². The predicted octanol–water partition coefficient (Wildman–Crippen LogP) is 2.70.